The smallest absolute Gasteiger partial charge is 0.416 e. The topological polar surface area (TPSA) is 68.3 Å². The molecule has 0 radical (unpaired) electrons. The van der Waals surface area contributed by atoms with Gasteiger partial charge in [0.1, 0.15) is 30.5 Å². The number of halogens is 3. The Hall–Kier alpha value is -4.26. The van der Waals surface area contributed by atoms with Crippen molar-refractivity contribution in [1.29, 1.82) is 5.41 Å². The highest BCUT2D eigenvalue weighted by atomic mass is 19.4. The maximum absolute atomic E-state index is 13.2. The lowest BCUT2D eigenvalue weighted by Gasteiger charge is -2.27. The Morgan fingerprint density at radius 2 is 1.18 bits per heavy atom. The van der Waals surface area contributed by atoms with Crippen LogP contribution in [-0.4, -0.2) is 5.84 Å². The summed E-state index contributed by atoms with van der Waals surface area (Å²) in [7, 11) is 0. The summed E-state index contributed by atoms with van der Waals surface area (Å²) in [6, 6.07) is 27.8. The first-order chi connectivity index (χ1) is 18.0. The average molecular weight is 519 g/mol. The molecule has 196 valence electrons. The standard InChI is InChI=1S/C31H29F3N2O2/c1-30(2,25-7-4-8-26(18-25)31(32,33)34)24-11-15-28(16-12-24)38-20-22-6-3-5-21(17-22)19-37-27-13-9-23(10-14-27)29(35)36/h3-18H,19-20H2,1-2H3,(H3,35,36). The van der Waals surface area contributed by atoms with Crippen LogP contribution < -0.4 is 15.2 Å². The second kappa shape index (κ2) is 11.0. The van der Waals surface area contributed by atoms with Crippen molar-refractivity contribution >= 4 is 5.84 Å². The lowest BCUT2D eigenvalue weighted by atomic mass is 9.77. The van der Waals surface area contributed by atoms with Gasteiger partial charge in [-0.2, -0.15) is 13.2 Å². The molecular weight excluding hydrogens is 489 g/mol. The van der Waals surface area contributed by atoms with Crippen molar-refractivity contribution < 1.29 is 22.6 Å². The van der Waals surface area contributed by atoms with Gasteiger partial charge in [-0.15, -0.1) is 0 Å². The van der Waals surface area contributed by atoms with Gasteiger partial charge in [-0.05, 0) is 70.8 Å². The van der Waals surface area contributed by atoms with E-state index in [0.717, 1.165) is 22.8 Å². The van der Waals surface area contributed by atoms with Crippen molar-refractivity contribution in [2.75, 3.05) is 0 Å². The number of nitrogen functional groups attached to an aromatic ring is 1. The van der Waals surface area contributed by atoms with Crippen LogP contribution in [0.5, 0.6) is 11.5 Å². The van der Waals surface area contributed by atoms with E-state index in [2.05, 4.69) is 0 Å². The van der Waals surface area contributed by atoms with Crippen LogP contribution in [0.2, 0.25) is 0 Å². The molecule has 0 aliphatic heterocycles. The fourth-order valence-corrected chi connectivity index (χ4v) is 4.09. The number of alkyl halides is 3. The molecule has 4 aromatic rings. The number of ether oxygens (including phenoxy) is 2. The predicted octanol–water partition coefficient (Wildman–Crippen LogP) is 7.47. The van der Waals surface area contributed by atoms with E-state index in [1.54, 1.807) is 30.3 Å². The van der Waals surface area contributed by atoms with Gasteiger partial charge in [0, 0.05) is 11.0 Å². The molecule has 0 saturated heterocycles. The maximum Gasteiger partial charge on any atom is 0.416 e. The molecule has 0 spiro atoms. The van der Waals surface area contributed by atoms with Crippen LogP contribution in [0.1, 0.15) is 47.2 Å². The van der Waals surface area contributed by atoms with Crippen LogP contribution in [-0.2, 0) is 24.8 Å². The minimum Gasteiger partial charge on any atom is -0.489 e. The Kier molecular flexibility index (Phi) is 7.76. The molecule has 0 aliphatic carbocycles. The first kappa shape index (κ1) is 26.8. The molecule has 7 heteroatoms. The van der Waals surface area contributed by atoms with E-state index in [4.69, 9.17) is 20.6 Å². The normalized spacial score (nSPS) is 11.7. The molecule has 0 saturated carbocycles. The van der Waals surface area contributed by atoms with Gasteiger partial charge in [-0.1, -0.05) is 62.4 Å². The van der Waals surface area contributed by atoms with E-state index in [1.807, 2.05) is 62.4 Å². The number of amidine groups is 1. The minimum atomic E-state index is -4.38. The first-order valence-electron chi connectivity index (χ1n) is 12.1. The molecule has 0 fully saturated rings. The number of rotatable bonds is 9. The summed E-state index contributed by atoms with van der Waals surface area (Å²) in [5.41, 5.74) is 8.31. The molecular formula is C31H29F3N2O2. The third kappa shape index (κ3) is 6.54. The largest absolute Gasteiger partial charge is 0.489 e. The van der Waals surface area contributed by atoms with Gasteiger partial charge in [-0.25, -0.2) is 0 Å². The number of hydrogen-bond acceptors (Lipinski definition) is 3. The fraction of sp³-hybridized carbons (Fsp3) is 0.194. The van der Waals surface area contributed by atoms with Crippen LogP contribution >= 0.6 is 0 Å². The van der Waals surface area contributed by atoms with Gasteiger partial charge in [0.15, 0.2) is 0 Å². The highest BCUT2D eigenvalue weighted by molar-refractivity contribution is 5.94. The second-order valence-electron chi connectivity index (χ2n) is 9.56. The Morgan fingerprint density at radius 3 is 1.71 bits per heavy atom. The fourth-order valence-electron chi connectivity index (χ4n) is 4.09. The van der Waals surface area contributed by atoms with Crippen LogP contribution in [0.15, 0.2) is 97.1 Å². The summed E-state index contributed by atoms with van der Waals surface area (Å²) in [6.07, 6.45) is -4.38. The molecule has 0 atom stereocenters. The molecule has 0 unspecified atom stereocenters. The first-order valence-corrected chi connectivity index (χ1v) is 12.1. The van der Waals surface area contributed by atoms with Crippen molar-refractivity contribution in [3.8, 4) is 11.5 Å². The van der Waals surface area contributed by atoms with Gasteiger partial charge in [0.05, 0.1) is 5.56 Å². The van der Waals surface area contributed by atoms with Gasteiger partial charge in [0.2, 0.25) is 0 Å². The van der Waals surface area contributed by atoms with E-state index in [-0.39, 0.29) is 5.84 Å². The molecule has 0 aliphatic rings. The molecule has 38 heavy (non-hydrogen) atoms. The highest BCUT2D eigenvalue weighted by Crippen LogP contribution is 2.36. The monoisotopic (exact) mass is 518 g/mol. The van der Waals surface area contributed by atoms with Crippen LogP contribution in [0.4, 0.5) is 13.2 Å². The number of nitrogens with two attached hydrogens (primary N) is 1. The average Bonchev–Trinajstić information content (AvgIpc) is 2.91. The summed E-state index contributed by atoms with van der Waals surface area (Å²) < 4.78 is 51.4. The number of nitrogens with one attached hydrogen (secondary N) is 1. The third-order valence-electron chi connectivity index (χ3n) is 6.46. The van der Waals surface area contributed by atoms with E-state index >= 15 is 0 Å². The summed E-state index contributed by atoms with van der Waals surface area (Å²) in [5.74, 6) is 1.36. The predicted molar refractivity (Wildman–Crippen MR) is 143 cm³/mol. The van der Waals surface area contributed by atoms with E-state index in [0.29, 0.717) is 35.8 Å². The van der Waals surface area contributed by atoms with Crippen molar-refractivity contribution in [1.82, 2.24) is 0 Å². The van der Waals surface area contributed by atoms with Gasteiger partial charge >= 0.3 is 6.18 Å². The van der Waals surface area contributed by atoms with Crippen molar-refractivity contribution in [2.45, 2.75) is 38.7 Å². The molecule has 0 aromatic heterocycles. The lowest BCUT2D eigenvalue weighted by Crippen LogP contribution is -2.20. The molecule has 4 aromatic carbocycles. The van der Waals surface area contributed by atoms with Crippen molar-refractivity contribution in [3.63, 3.8) is 0 Å². The summed E-state index contributed by atoms with van der Waals surface area (Å²) in [5, 5.41) is 7.46. The van der Waals surface area contributed by atoms with E-state index in [1.165, 1.54) is 12.1 Å². The molecule has 0 bridgehead atoms. The highest BCUT2D eigenvalue weighted by Gasteiger charge is 2.32. The van der Waals surface area contributed by atoms with E-state index in [9.17, 15) is 13.2 Å². The SMILES string of the molecule is CC(C)(c1ccc(OCc2cccc(COc3ccc(C(=N)N)cc3)c2)cc1)c1cccc(C(F)(F)F)c1. The van der Waals surface area contributed by atoms with Gasteiger partial charge < -0.3 is 15.2 Å². The summed E-state index contributed by atoms with van der Waals surface area (Å²) in [4.78, 5) is 0. The minimum absolute atomic E-state index is 0.0123. The molecule has 0 heterocycles. The molecule has 0 amide bonds. The van der Waals surface area contributed by atoms with Crippen LogP contribution in [0.3, 0.4) is 0 Å². The zero-order valence-corrected chi connectivity index (χ0v) is 21.2. The Labute approximate surface area is 220 Å². The number of benzene rings is 4. The Morgan fingerprint density at radius 1 is 0.684 bits per heavy atom. The zero-order valence-electron chi connectivity index (χ0n) is 21.2. The van der Waals surface area contributed by atoms with Crippen molar-refractivity contribution in [2.24, 2.45) is 5.73 Å². The van der Waals surface area contributed by atoms with Gasteiger partial charge in [-0.3, -0.25) is 5.41 Å². The van der Waals surface area contributed by atoms with Crippen molar-refractivity contribution in [3.05, 3.63) is 130 Å². The zero-order chi connectivity index (χ0) is 27.3. The van der Waals surface area contributed by atoms with Crippen LogP contribution in [0, 0.1) is 5.41 Å². The molecule has 3 N–H and O–H groups in total. The third-order valence-corrected chi connectivity index (χ3v) is 6.46. The lowest BCUT2D eigenvalue weighted by molar-refractivity contribution is -0.137. The molecule has 4 rings (SSSR count). The summed E-state index contributed by atoms with van der Waals surface area (Å²) >= 11 is 0. The Balaban J connectivity index is 1.36. The van der Waals surface area contributed by atoms with Crippen LogP contribution in [0.25, 0.3) is 0 Å². The van der Waals surface area contributed by atoms with Gasteiger partial charge in [0.25, 0.3) is 0 Å². The molecule has 4 nitrogen and oxygen atoms in total. The van der Waals surface area contributed by atoms with E-state index < -0.39 is 17.2 Å². The second-order valence-corrected chi connectivity index (χ2v) is 9.56. The quantitative estimate of drug-likeness (QED) is 0.178. The maximum atomic E-state index is 13.2. The summed E-state index contributed by atoms with van der Waals surface area (Å²) in [6.45, 7) is 4.55. The Bertz CT molecular complexity index is 1400. The number of hydrogen-bond donors (Lipinski definition) is 2.